The van der Waals surface area contributed by atoms with Crippen LogP contribution in [0.15, 0.2) is 18.2 Å². The quantitative estimate of drug-likeness (QED) is 0.683. The first kappa shape index (κ1) is 8.71. The Balaban J connectivity index is 3.27. The van der Waals surface area contributed by atoms with Crippen LogP contribution in [-0.2, 0) is 0 Å². The normalized spacial score (nSPS) is 9.58. The minimum Gasteiger partial charge on any atom is -0.385 e. The number of hydrogen-bond donors (Lipinski definition) is 1. The van der Waals surface area contributed by atoms with E-state index in [0.717, 1.165) is 0 Å². The third-order valence-electron chi connectivity index (χ3n) is 1.64. The van der Waals surface area contributed by atoms with Crippen LogP contribution in [0.5, 0.6) is 0 Å². The fourth-order valence-electron chi connectivity index (χ4n) is 1.07. The molecule has 0 heterocycles. The second-order valence-corrected chi connectivity index (χ2v) is 2.47. The van der Waals surface area contributed by atoms with E-state index in [-0.39, 0.29) is 11.5 Å². The predicted octanol–water partition coefficient (Wildman–Crippen LogP) is 2.07. The number of halogens is 1. The first-order valence-corrected chi connectivity index (χ1v) is 3.64. The van der Waals surface area contributed by atoms with Crippen LogP contribution in [-0.4, -0.2) is 12.8 Å². The molecule has 0 fully saturated rings. The molecular formula is C9H10FNO. The van der Waals surface area contributed by atoms with Gasteiger partial charge >= 0.3 is 0 Å². The molecule has 1 aromatic rings. The molecule has 12 heavy (non-hydrogen) atoms. The van der Waals surface area contributed by atoms with Gasteiger partial charge in [0.25, 0.3) is 0 Å². The Labute approximate surface area is 70.4 Å². The molecule has 3 heteroatoms. The summed E-state index contributed by atoms with van der Waals surface area (Å²) in [5.74, 6) is -0.538. The van der Waals surface area contributed by atoms with Crippen molar-refractivity contribution in [2.75, 3.05) is 12.4 Å². The van der Waals surface area contributed by atoms with Crippen molar-refractivity contribution in [3.8, 4) is 0 Å². The van der Waals surface area contributed by atoms with Gasteiger partial charge in [-0.1, -0.05) is 6.07 Å². The molecule has 0 bridgehead atoms. The van der Waals surface area contributed by atoms with Gasteiger partial charge in [0.2, 0.25) is 0 Å². The number of carbonyl (C=O) groups excluding carboxylic acids is 1. The fraction of sp³-hybridized carbons (Fsp3) is 0.222. The number of Topliss-reactive ketones (excluding diaryl/α,β-unsaturated/α-hetero) is 1. The molecule has 0 aliphatic heterocycles. The summed E-state index contributed by atoms with van der Waals surface area (Å²) in [7, 11) is 1.59. The van der Waals surface area contributed by atoms with E-state index in [2.05, 4.69) is 5.32 Å². The summed E-state index contributed by atoms with van der Waals surface area (Å²) in [5.41, 5.74) is 0.655. The van der Waals surface area contributed by atoms with Crippen LogP contribution >= 0.6 is 0 Å². The van der Waals surface area contributed by atoms with Crippen molar-refractivity contribution in [3.63, 3.8) is 0 Å². The molecule has 0 atom stereocenters. The SMILES string of the molecule is CNc1c(F)cccc1C(C)=O. The molecule has 1 N–H and O–H groups in total. The van der Waals surface area contributed by atoms with Crippen molar-refractivity contribution in [2.45, 2.75) is 6.92 Å². The number of rotatable bonds is 2. The topological polar surface area (TPSA) is 29.1 Å². The summed E-state index contributed by atoms with van der Waals surface area (Å²) in [5, 5.41) is 2.65. The average Bonchev–Trinajstić information content (AvgIpc) is 2.03. The van der Waals surface area contributed by atoms with Crippen LogP contribution in [0.1, 0.15) is 17.3 Å². The van der Waals surface area contributed by atoms with Crippen molar-refractivity contribution in [2.24, 2.45) is 0 Å². The number of ketones is 1. The molecule has 0 amide bonds. The number of benzene rings is 1. The molecule has 0 spiro atoms. The van der Waals surface area contributed by atoms with Gasteiger partial charge in [0, 0.05) is 12.6 Å². The van der Waals surface area contributed by atoms with Gasteiger partial charge < -0.3 is 5.32 Å². The lowest BCUT2D eigenvalue weighted by atomic mass is 10.1. The molecule has 2 nitrogen and oxygen atoms in total. The summed E-state index contributed by atoms with van der Waals surface area (Å²) in [6.45, 7) is 1.41. The molecule has 0 unspecified atom stereocenters. The van der Waals surface area contributed by atoms with Gasteiger partial charge in [-0.25, -0.2) is 4.39 Å². The molecule has 0 aliphatic rings. The zero-order valence-electron chi connectivity index (χ0n) is 7.02. The van der Waals surface area contributed by atoms with Crippen LogP contribution < -0.4 is 5.32 Å². The molecule has 64 valence electrons. The number of para-hydroxylation sites is 1. The summed E-state index contributed by atoms with van der Waals surface area (Å²) in [6, 6.07) is 4.43. The number of carbonyl (C=O) groups is 1. The van der Waals surface area contributed by atoms with Crippen LogP contribution in [0.4, 0.5) is 10.1 Å². The highest BCUT2D eigenvalue weighted by molar-refractivity contribution is 5.99. The molecule has 0 aromatic heterocycles. The minimum absolute atomic E-state index is 0.140. The summed E-state index contributed by atoms with van der Waals surface area (Å²) in [4.78, 5) is 11.0. The van der Waals surface area contributed by atoms with Crippen LogP contribution in [0, 0.1) is 5.82 Å². The minimum atomic E-state index is -0.398. The second-order valence-electron chi connectivity index (χ2n) is 2.47. The van der Waals surface area contributed by atoms with Gasteiger partial charge in [-0.3, -0.25) is 4.79 Å². The maximum Gasteiger partial charge on any atom is 0.161 e. The third kappa shape index (κ3) is 1.44. The smallest absolute Gasteiger partial charge is 0.161 e. The van der Waals surface area contributed by atoms with E-state index < -0.39 is 5.82 Å². The lowest BCUT2D eigenvalue weighted by molar-refractivity contribution is 0.101. The van der Waals surface area contributed by atoms with Crippen molar-refractivity contribution in [1.82, 2.24) is 0 Å². The van der Waals surface area contributed by atoms with E-state index in [1.165, 1.54) is 19.1 Å². The highest BCUT2D eigenvalue weighted by Crippen LogP contribution is 2.19. The molecule has 1 aromatic carbocycles. The zero-order valence-corrected chi connectivity index (χ0v) is 7.02. The lowest BCUT2D eigenvalue weighted by Gasteiger charge is -2.06. The molecule has 1 rings (SSSR count). The van der Waals surface area contributed by atoms with Gasteiger partial charge in [0.05, 0.1) is 5.69 Å². The van der Waals surface area contributed by atoms with Crippen LogP contribution in [0.25, 0.3) is 0 Å². The van der Waals surface area contributed by atoms with Gasteiger partial charge in [-0.15, -0.1) is 0 Å². The number of nitrogens with one attached hydrogen (secondary N) is 1. The molecular weight excluding hydrogens is 157 g/mol. The Bertz CT molecular complexity index is 309. The summed E-state index contributed by atoms with van der Waals surface area (Å²) < 4.78 is 13.0. The zero-order chi connectivity index (χ0) is 9.14. The van der Waals surface area contributed by atoms with Crippen LogP contribution in [0.2, 0.25) is 0 Å². The first-order valence-electron chi connectivity index (χ1n) is 3.64. The van der Waals surface area contributed by atoms with Crippen molar-refractivity contribution in [3.05, 3.63) is 29.6 Å². The summed E-state index contributed by atoms with van der Waals surface area (Å²) >= 11 is 0. The van der Waals surface area contributed by atoms with E-state index in [4.69, 9.17) is 0 Å². The van der Waals surface area contributed by atoms with E-state index in [9.17, 15) is 9.18 Å². The van der Waals surface area contributed by atoms with Crippen molar-refractivity contribution >= 4 is 11.5 Å². The monoisotopic (exact) mass is 167 g/mol. The third-order valence-corrected chi connectivity index (χ3v) is 1.64. The standard InChI is InChI=1S/C9H10FNO/c1-6(12)7-4-3-5-8(10)9(7)11-2/h3-5,11H,1-2H3. The highest BCUT2D eigenvalue weighted by Gasteiger charge is 2.09. The Kier molecular flexibility index (Phi) is 2.43. The van der Waals surface area contributed by atoms with Crippen LogP contribution in [0.3, 0.4) is 0 Å². The van der Waals surface area contributed by atoms with E-state index in [0.29, 0.717) is 5.56 Å². The molecule has 0 saturated heterocycles. The summed E-state index contributed by atoms with van der Waals surface area (Å²) in [6.07, 6.45) is 0. The lowest BCUT2D eigenvalue weighted by Crippen LogP contribution is -2.02. The highest BCUT2D eigenvalue weighted by atomic mass is 19.1. The Morgan fingerprint density at radius 2 is 2.17 bits per heavy atom. The van der Waals surface area contributed by atoms with Gasteiger partial charge in [-0.05, 0) is 19.1 Å². The fourth-order valence-corrected chi connectivity index (χ4v) is 1.07. The van der Waals surface area contributed by atoms with Gasteiger partial charge in [0.1, 0.15) is 5.82 Å². The Morgan fingerprint density at radius 1 is 1.50 bits per heavy atom. The van der Waals surface area contributed by atoms with Gasteiger partial charge in [0.15, 0.2) is 5.78 Å². The van der Waals surface area contributed by atoms with Crippen molar-refractivity contribution in [1.29, 1.82) is 0 Å². The number of hydrogen-bond acceptors (Lipinski definition) is 2. The van der Waals surface area contributed by atoms with Crippen molar-refractivity contribution < 1.29 is 9.18 Å². The second kappa shape index (κ2) is 3.34. The Morgan fingerprint density at radius 3 is 2.58 bits per heavy atom. The predicted molar refractivity (Wildman–Crippen MR) is 46.0 cm³/mol. The molecule has 0 saturated carbocycles. The van der Waals surface area contributed by atoms with E-state index in [1.807, 2.05) is 0 Å². The molecule has 0 radical (unpaired) electrons. The molecule has 0 aliphatic carbocycles. The average molecular weight is 167 g/mol. The van der Waals surface area contributed by atoms with Gasteiger partial charge in [-0.2, -0.15) is 0 Å². The largest absolute Gasteiger partial charge is 0.385 e. The first-order chi connectivity index (χ1) is 5.66. The van der Waals surface area contributed by atoms with E-state index in [1.54, 1.807) is 13.1 Å². The number of anilines is 1. The maximum atomic E-state index is 13.0. The van der Waals surface area contributed by atoms with E-state index >= 15 is 0 Å². The maximum absolute atomic E-state index is 13.0. The Hall–Kier alpha value is -1.38.